The second-order valence-corrected chi connectivity index (χ2v) is 4.47. The van der Waals surface area contributed by atoms with E-state index in [1.165, 1.54) is 6.07 Å². The van der Waals surface area contributed by atoms with E-state index in [2.05, 4.69) is 4.98 Å². The molecule has 0 saturated heterocycles. The van der Waals surface area contributed by atoms with Gasteiger partial charge in [0, 0.05) is 10.6 Å². The summed E-state index contributed by atoms with van der Waals surface area (Å²) in [5.74, 6) is 0.488. The average molecular weight is 249 g/mol. The van der Waals surface area contributed by atoms with E-state index in [1.54, 1.807) is 24.1 Å². The smallest absolute Gasteiger partial charge is 0.354 e. The lowest BCUT2D eigenvalue weighted by Crippen LogP contribution is -2.01. The monoisotopic (exact) mass is 249 g/mol. The predicted molar refractivity (Wildman–Crippen MR) is 64.2 cm³/mol. The molecule has 17 heavy (non-hydrogen) atoms. The van der Waals surface area contributed by atoms with E-state index < -0.39 is 5.97 Å². The van der Waals surface area contributed by atoms with Gasteiger partial charge >= 0.3 is 5.97 Å². The van der Waals surface area contributed by atoms with Crippen LogP contribution in [0.3, 0.4) is 0 Å². The Morgan fingerprint density at radius 3 is 2.94 bits per heavy atom. The van der Waals surface area contributed by atoms with Crippen LogP contribution in [0.15, 0.2) is 39.8 Å². The number of nitrogens with zero attached hydrogens (tertiary/aromatic N) is 1. The van der Waals surface area contributed by atoms with Crippen molar-refractivity contribution in [3.63, 3.8) is 0 Å². The summed E-state index contributed by atoms with van der Waals surface area (Å²) in [6, 6.07) is 6.89. The van der Waals surface area contributed by atoms with Gasteiger partial charge in [-0.1, -0.05) is 6.07 Å². The van der Waals surface area contributed by atoms with Crippen molar-refractivity contribution in [2.24, 2.45) is 0 Å². The van der Waals surface area contributed by atoms with Crippen molar-refractivity contribution in [2.45, 2.75) is 17.6 Å². The molecule has 2 aromatic heterocycles. The van der Waals surface area contributed by atoms with Crippen molar-refractivity contribution in [3.8, 4) is 0 Å². The molecule has 2 rings (SSSR count). The molecule has 0 saturated carbocycles. The van der Waals surface area contributed by atoms with Crippen LogP contribution in [-0.4, -0.2) is 16.1 Å². The fourth-order valence-corrected chi connectivity index (χ4v) is 2.22. The maximum absolute atomic E-state index is 10.8. The molecule has 0 aliphatic heterocycles. The van der Waals surface area contributed by atoms with Crippen LogP contribution in [-0.2, 0) is 5.75 Å². The highest BCUT2D eigenvalue weighted by Gasteiger charge is 2.07. The van der Waals surface area contributed by atoms with Crippen LogP contribution in [0.25, 0.3) is 0 Å². The largest absolute Gasteiger partial charge is 0.477 e. The molecule has 1 N–H and O–H groups in total. The average Bonchev–Trinajstić information content (AvgIpc) is 2.72. The molecule has 5 heteroatoms. The first-order valence-corrected chi connectivity index (χ1v) is 6.01. The first kappa shape index (κ1) is 11.7. The number of aromatic nitrogens is 1. The molecule has 0 bridgehead atoms. The number of furan rings is 1. The molecule has 0 aliphatic carbocycles. The van der Waals surface area contributed by atoms with E-state index in [-0.39, 0.29) is 5.69 Å². The molecule has 2 aromatic rings. The van der Waals surface area contributed by atoms with Gasteiger partial charge in [0.05, 0.1) is 12.0 Å². The summed E-state index contributed by atoms with van der Waals surface area (Å²) in [4.78, 5) is 15.9. The summed E-state index contributed by atoms with van der Waals surface area (Å²) in [5.41, 5.74) is 0.822. The number of aromatic carboxylic acids is 1. The van der Waals surface area contributed by atoms with Crippen LogP contribution in [0.1, 0.15) is 21.9 Å². The number of hydrogen-bond donors (Lipinski definition) is 1. The van der Waals surface area contributed by atoms with E-state index in [0.29, 0.717) is 5.75 Å². The van der Waals surface area contributed by atoms with E-state index in [9.17, 15) is 4.79 Å². The molecular formula is C12H11NO3S. The summed E-state index contributed by atoms with van der Waals surface area (Å²) >= 11 is 1.58. The molecule has 0 fully saturated rings. The SMILES string of the molecule is Cc1occc1SCc1cccc(C(=O)O)n1. The van der Waals surface area contributed by atoms with Crippen LogP contribution in [0.4, 0.5) is 0 Å². The third-order valence-corrected chi connectivity index (χ3v) is 3.39. The van der Waals surface area contributed by atoms with Gasteiger partial charge in [-0.3, -0.25) is 0 Å². The number of rotatable bonds is 4. The van der Waals surface area contributed by atoms with E-state index in [1.807, 2.05) is 19.1 Å². The molecule has 0 aliphatic rings. The van der Waals surface area contributed by atoms with Gasteiger partial charge in [-0.25, -0.2) is 9.78 Å². The minimum absolute atomic E-state index is 0.0759. The Balaban J connectivity index is 2.07. The molecular weight excluding hydrogens is 238 g/mol. The summed E-state index contributed by atoms with van der Waals surface area (Å²) in [6.45, 7) is 1.89. The number of thioether (sulfide) groups is 1. The highest BCUT2D eigenvalue weighted by molar-refractivity contribution is 7.98. The lowest BCUT2D eigenvalue weighted by Gasteiger charge is -2.01. The Labute approximate surface area is 103 Å². The Morgan fingerprint density at radius 2 is 2.29 bits per heavy atom. The number of carboxylic acids is 1. The van der Waals surface area contributed by atoms with Gasteiger partial charge in [-0.2, -0.15) is 0 Å². The highest BCUT2D eigenvalue weighted by Crippen LogP contribution is 2.25. The van der Waals surface area contributed by atoms with Crippen molar-refractivity contribution in [2.75, 3.05) is 0 Å². The van der Waals surface area contributed by atoms with E-state index in [0.717, 1.165) is 16.3 Å². The summed E-state index contributed by atoms with van der Waals surface area (Å²) in [7, 11) is 0. The second kappa shape index (κ2) is 5.05. The zero-order valence-corrected chi connectivity index (χ0v) is 10.0. The number of aryl methyl sites for hydroxylation is 1. The van der Waals surface area contributed by atoms with Crippen molar-refractivity contribution in [1.82, 2.24) is 4.98 Å². The van der Waals surface area contributed by atoms with Crippen LogP contribution >= 0.6 is 11.8 Å². The Hall–Kier alpha value is -1.75. The molecule has 4 nitrogen and oxygen atoms in total. The molecule has 0 spiro atoms. The lowest BCUT2D eigenvalue weighted by atomic mass is 10.3. The normalized spacial score (nSPS) is 10.4. The van der Waals surface area contributed by atoms with Crippen molar-refractivity contribution >= 4 is 17.7 Å². The van der Waals surface area contributed by atoms with Gasteiger partial charge in [0.15, 0.2) is 0 Å². The number of hydrogen-bond acceptors (Lipinski definition) is 4. The minimum atomic E-state index is -1.00. The number of pyridine rings is 1. The maximum atomic E-state index is 10.8. The minimum Gasteiger partial charge on any atom is -0.477 e. The van der Waals surface area contributed by atoms with Crippen LogP contribution in [0.2, 0.25) is 0 Å². The van der Waals surface area contributed by atoms with Gasteiger partial charge in [0.25, 0.3) is 0 Å². The summed E-state index contributed by atoms with van der Waals surface area (Å²) in [5, 5.41) is 8.82. The Morgan fingerprint density at radius 1 is 1.47 bits per heavy atom. The fourth-order valence-electron chi connectivity index (χ4n) is 1.35. The van der Waals surface area contributed by atoms with Crippen LogP contribution in [0.5, 0.6) is 0 Å². The highest BCUT2D eigenvalue weighted by atomic mass is 32.2. The molecule has 0 aromatic carbocycles. The van der Waals surface area contributed by atoms with Crippen LogP contribution in [0, 0.1) is 6.92 Å². The first-order chi connectivity index (χ1) is 8.16. The molecule has 0 radical (unpaired) electrons. The maximum Gasteiger partial charge on any atom is 0.354 e. The molecule has 0 amide bonds. The predicted octanol–water partition coefficient (Wildman–Crippen LogP) is 2.97. The van der Waals surface area contributed by atoms with E-state index >= 15 is 0 Å². The van der Waals surface area contributed by atoms with E-state index in [4.69, 9.17) is 9.52 Å². The fraction of sp³-hybridized carbons (Fsp3) is 0.167. The molecule has 2 heterocycles. The number of carbonyl (C=O) groups is 1. The van der Waals surface area contributed by atoms with Crippen molar-refractivity contribution in [1.29, 1.82) is 0 Å². The zero-order valence-electron chi connectivity index (χ0n) is 9.21. The third-order valence-electron chi connectivity index (χ3n) is 2.21. The molecule has 88 valence electrons. The van der Waals surface area contributed by atoms with Gasteiger partial charge in [0.2, 0.25) is 0 Å². The zero-order chi connectivity index (χ0) is 12.3. The van der Waals surface area contributed by atoms with Crippen molar-refractivity contribution < 1.29 is 14.3 Å². The van der Waals surface area contributed by atoms with Gasteiger partial charge < -0.3 is 9.52 Å². The van der Waals surface area contributed by atoms with Gasteiger partial charge in [-0.05, 0) is 25.1 Å². The Kier molecular flexibility index (Phi) is 3.49. The number of carboxylic acid groups (broad SMARTS) is 1. The van der Waals surface area contributed by atoms with Crippen LogP contribution < -0.4 is 0 Å². The summed E-state index contributed by atoms with van der Waals surface area (Å²) in [6.07, 6.45) is 1.64. The first-order valence-electron chi connectivity index (χ1n) is 5.03. The van der Waals surface area contributed by atoms with Gasteiger partial charge in [-0.15, -0.1) is 11.8 Å². The van der Waals surface area contributed by atoms with Crippen molar-refractivity contribution in [3.05, 3.63) is 47.7 Å². The molecule has 0 unspecified atom stereocenters. The molecule has 0 atom stereocenters. The lowest BCUT2D eigenvalue weighted by molar-refractivity contribution is 0.0690. The van der Waals surface area contributed by atoms with Gasteiger partial charge in [0.1, 0.15) is 11.5 Å². The quantitative estimate of drug-likeness (QED) is 0.844. The third kappa shape index (κ3) is 2.88. The standard InChI is InChI=1S/C12H11NO3S/c1-8-11(5-6-16-8)17-7-9-3-2-4-10(13-9)12(14)15/h2-6H,7H2,1H3,(H,14,15). The second-order valence-electron chi connectivity index (χ2n) is 3.45. The summed E-state index contributed by atoms with van der Waals surface area (Å²) < 4.78 is 5.18. The topological polar surface area (TPSA) is 63.3 Å². The Bertz CT molecular complexity index is 536.